The van der Waals surface area contributed by atoms with Crippen LogP contribution in [0.25, 0.3) is 5.65 Å². The lowest BCUT2D eigenvalue weighted by Gasteiger charge is -2.38. The first-order chi connectivity index (χ1) is 25.9. The Bertz CT molecular complexity index is 2220. The Morgan fingerprint density at radius 2 is 1.82 bits per heavy atom. The van der Waals surface area contributed by atoms with Gasteiger partial charge in [-0.05, 0) is 67.6 Å². The van der Waals surface area contributed by atoms with Crippen LogP contribution in [0.3, 0.4) is 0 Å². The summed E-state index contributed by atoms with van der Waals surface area (Å²) in [6.45, 7) is 6.11. The highest BCUT2D eigenvalue weighted by Crippen LogP contribution is 2.45. The number of aliphatic hydroxyl groups excluding tert-OH is 1. The summed E-state index contributed by atoms with van der Waals surface area (Å²) in [6.07, 6.45) is -2.93. The van der Waals surface area contributed by atoms with Gasteiger partial charge in [0, 0.05) is 44.1 Å². The lowest BCUT2D eigenvalue weighted by atomic mass is 9.70. The molecule has 0 saturated carbocycles. The van der Waals surface area contributed by atoms with E-state index in [0.29, 0.717) is 53.9 Å². The van der Waals surface area contributed by atoms with Gasteiger partial charge in [-0.15, -0.1) is 10.2 Å². The zero-order valence-electron chi connectivity index (χ0n) is 30.5. The first-order valence-electron chi connectivity index (χ1n) is 17.4. The van der Waals surface area contributed by atoms with Crippen LogP contribution in [0.1, 0.15) is 66.2 Å². The molecule has 5 heterocycles. The number of carboxylic acids is 1. The first kappa shape index (κ1) is 39.8. The molecule has 1 atom stereocenters. The van der Waals surface area contributed by atoms with Gasteiger partial charge in [0.2, 0.25) is 27.6 Å². The topological polar surface area (TPSA) is 195 Å². The summed E-state index contributed by atoms with van der Waals surface area (Å²) in [5.41, 5.74) is -0.145. The number of halogens is 3. The van der Waals surface area contributed by atoms with Gasteiger partial charge in [-0.1, -0.05) is 18.2 Å². The summed E-state index contributed by atoms with van der Waals surface area (Å²) < 4.78 is 89.6. The Hall–Kier alpha value is -4.85. The van der Waals surface area contributed by atoms with Crippen molar-refractivity contribution in [2.75, 3.05) is 39.5 Å². The fourth-order valence-electron chi connectivity index (χ4n) is 7.02. The van der Waals surface area contributed by atoms with E-state index in [1.807, 2.05) is 0 Å². The number of benzene rings is 1. The normalized spacial score (nSPS) is 17.6. The van der Waals surface area contributed by atoms with Gasteiger partial charge < -0.3 is 29.7 Å². The number of amides is 1. The number of hydrogen-bond acceptors (Lipinski definition) is 11. The third-order valence-corrected chi connectivity index (χ3v) is 11.9. The van der Waals surface area contributed by atoms with E-state index in [-0.39, 0.29) is 48.5 Å². The minimum atomic E-state index is -4.77. The van der Waals surface area contributed by atoms with Crippen molar-refractivity contribution in [1.29, 1.82) is 0 Å². The zero-order valence-corrected chi connectivity index (χ0v) is 31.3. The Balaban J connectivity index is 1.40. The summed E-state index contributed by atoms with van der Waals surface area (Å²) in [7, 11) is -4.30. The second kappa shape index (κ2) is 15.0. The quantitative estimate of drug-likeness (QED) is 0.200. The lowest BCUT2D eigenvalue weighted by Crippen LogP contribution is -2.50. The number of ether oxygens (including phenoxy) is 3. The van der Waals surface area contributed by atoms with Gasteiger partial charge in [0.25, 0.3) is 5.91 Å². The van der Waals surface area contributed by atoms with Crippen LogP contribution in [-0.2, 0) is 37.1 Å². The molecule has 55 heavy (non-hydrogen) atoms. The Labute approximate surface area is 314 Å². The molecule has 4 aromatic rings. The molecule has 15 nitrogen and oxygen atoms in total. The number of nitrogens with one attached hydrogen (secondary N) is 1. The summed E-state index contributed by atoms with van der Waals surface area (Å²) in [5, 5.41) is 29.0. The molecular weight excluding hydrogens is 749 g/mol. The van der Waals surface area contributed by atoms with Gasteiger partial charge in [-0.3, -0.25) is 14.0 Å². The minimum Gasteiger partial charge on any atom is -0.481 e. The highest BCUT2D eigenvalue weighted by Gasteiger charge is 2.46. The Morgan fingerprint density at radius 1 is 1.09 bits per heavy atom. The van der Waals surface area contributed by atoms with Crippen molar-refractivity contribution in [3.05, 3.63) is 76.2 Å². The van der Waals surface area contributed by atoms with E-state index in [4.69, 9.17) is 19.3 Å². The van der Waals surface area contributed by atoms with Gasteiger partial charge in [-0.2, -0.15) is 22.5 Å². The van der Waals surface area contributed by atoms with E-state index < -0.39 is 57.4 Å². The number of aliphatic carboxylic acids is 1. The van der Waals surface area contributed by atoms with E-state index in [2.05, 4.69) is 20.5 Å². The maximum absolute atomic E-state index is 14.5. The molecule has 3 aromatic heterocycles. The summed E-state index contributed by atoms with van der Waals surface area (Å²) in [6, 6.07) is 9.26. The van der Waals surface area contributed by atoms with E-state index >= 15 is 0 Å². The molecule has 1 saturated heterocycles. The summed E-state index contributed by atoms with van der Waals surface area (Å²) in [5.74, 6) is -4.05. The molecule has 3 N–H and O–H groups in total. The van der Waals surface area contributed by atoms with Crippen molar-refractivity contribution in [2.45, 2.75) is 69.7 Å². The number of pyridine rings is 2. The van der Waals surface area contributed by atoms with Gasteiger partial charge >= 0.3 is 12.1 Å². The van der Waals surface area contributed by atoms with Crippen LogP contribution < -0.4 is 14.8 Å². The summed E-state index contributed by atoms with van der Waals surface area (Å²) in [4.78, 5) is 29.0. The van der Waals surface area contributed by atoms with Crippen molar-refractivity contribution in [1.82, 2.24) is 29.2 Å². The maximum atomic E-state index is 14.5. The van der Waals surface area contributed by atoms with Crippen LogP contribution in [0, 0.1) is 19.3 Å². The van der Waals surface area contributed by atoms with Crippen molar-refractivity contribution in [3.8, 4) is 11.8 Å². The lowest BCUT2D eigenvalue weighted by molar-refractivity contribution is -0.147. The van der Waals surface area contributed by atoms with Crippen molar-refractivity contribution in [2.24, 2.45) is 5.41 Å². The van der Waals surface area contributed by atoms with E-state index in [0.717, 1.165) is 4.40 Å². The van der Waals surface area contributed by atoms with Crippen LogP contribution in [0.5, 0.6) is 11.8 Å². The third kappa shape index (κ3) is 7.83. The molecule has 2 aliphatic heterocycles. The molecule has 0 unspecified atom stereocenters. The average molecular weight is 791 g/mol. The second-order valence-electron chi connectivity index (χ2n) is 14.2. The van der Waals surface area contributed by atoms with E-state index in [1.54, 1.807) is 32.0 Å². The predicted molar refractivity (Wildman–Crippen MR) is 188 cm³/mol. The molecule has 1 amide bonds. The number of alkyl halides is 3. The highest BCUT2D eigenvalue weighted by atomic mass is 32.2. The number of hydrogen-bond donors (Lipinski definition) is 3. The van der Waals surface area contributed by atoms with Gasteiger partial charge in [0.1, 0.15) is 10.5 Å². The van der Waals surface area contributed by atoms with Crippen molar-refractivity contribution in [3.63, 3.8) is 0 Å². The number of sulfonamides is 1. The molecule has 0 radical (unpaired) electrons. The van der Waals surface area contributed by atoms with Crippen LogP contribution in [-0.4, -0.2) is 99.5 Å². The van der Waals surface area contributed by atoms with E-state index in [1.165, 1.54) is 42.5 Å². The molecule has 296 valence electrons. The molecule has 1 aromatic carbocycles. The molecule has 1 spiro atoms. The first-order valence-corrected chi connectivity index (χ1v) is 18.8. The number of rotatable bonds is 11. The molecule has 2 aliphatic rings. The monoisotopic (exact) mass is 790 g/mol. The molecular formula is C36H41F3N6O9S. The number of nitrogens with zero attached hydrogens (tertiary/aromatic N) is 5. The van der Waals surface area contributed by atoms with Crippen LogP contribution in [0.15, 0.2) is 47.5 Å². The van der Waals surface area contributed by atoms with Gasteiger partial charge in [0.05, 0.1) is 31.8 Å². The Morgan fingerprint density at radius 3 is 2.49 bits per heavy atom. The van der Waals surface area contributed by atoms with Crippen LogP contribution in [0.4, 0.5) is 13.2 Å². The fraction of sp³-hybridized carbons (Fsp3) is 0.472. The van der Waals surface area contributed by atoms with Crippen molar-refractivity contribution >= 4 is 27.5 Å². The van der Waals surface area contributed by atoms with Gasteiger partial charge in [-0.25, -0.2) is 8.42 Å². The van der Waals surface area contributed by atoms with Crippen molar-refractivity contribution < 1.29 is 55.6 Å². The molecule has 1 fully saturated rings. The van der Waals surface area contributed by atoms with E-state index in [9.17, 15) is 36.3 Å². The number of aromatic nitrogens is 4. The number of carboxylic acid groups (broad SMARTS) is 1. The fourth-order valence-corrected chi connectivity index (χ4v) is 8.56. The average Bonchev–Trinajstić information content (AvgIpc) is 3.55. The molecule has 0 aliphatic carbocycles. The third-order valence-electron chi connectivity index (χ3n) is 10.1. The number of aryl methyl sites for hydroxylation is 2. The predicted octanol–water partition coefficient (Wildman–Crippen LogP) is 3.62. The summed E-state index contributed by atoms with van der Waals surface area (Å²) >= 11 is 0. The second-order valence-corrected chi connectivity index (χ2v) is 16.1. The standard InChI is InChI=1S/C36H41F3N6O9S/c1-21-5-6-23(29(34(3,4)33(48)49)25-9-13-45-30(22(25)2)42-43-32(45)36(37,38)39)17-24(21)18-44-20-35(10-15-52-16-11-35)54-31-26(55(44,50)51)7-8-28(41-31)53-19-27(47)40-12-14-46/h5-9,13,17,29,46H,10-12,14-16,18-20H2,1-4H3,(H,40,47)(H,48,49)/t29-/m1/s1. The maximum Gasteiger partial charge on any atom is 0.452 e. The minimum absolute atomic E-state index is 0.0343. The zero-order chi connectivity index (χ0) is 39.9. The number of carbonyl (C=O) groups excluding carboxylic acids is 1. The molecule has 6 rings (SSSR count). The number of aliphatic hydroxyl groups is 1. The molecule has 0 bridgehead atoms. The largest absolute Gasteiger partial charge is 0.481 e. The smallest absolute Gasteiger partial charge is 0.452 e. The van der Waals surface area contributed by atoms with Crippen LogP contribution in [0.2, 0.25) is 0 Å². The SMILES string of the molecule is Cc1ccc([C@H](c2ccn3c(C(F)(F)F)nnc3c2C)C(C)(C)C(=O)O)cc1CN1CC2(CCOCC2)Oc2nc(OCC(=O)NCCO)ccc2S1(=O)=O. The van der Waals surface area contributed by atoms with Gasteiger partial charge in [0.15, 0.2) is 12.3 Å². The number of fused-ring (bicyclic) bond motifs is 2. The highest BCUT2D eigenvalue weighted by molar-refractivity contribution is 7.89. The molecule has 19 heteroatoms. The van der Waals surface area contributed by atoms with Crippen LogP contribution >= 0.6 is 0 Å². The Kier molecular flexibility index (Phi) is 10.9. The number of carbonyl (C=O) groups is 2.